The molecule has 1 atom stereocenters. The third kappa shape index (κ3) is 5.50. The molecule has 3 aromatic rings. The van der Waals surface area contributed by atoms with Crippen LogP contribution in [0.3, 0.4) is 0 Å². The monoisotopic (exact) mass is 436 g/mol. The highest BCUT2D eigenvalue weighted by Gasteiger charge is 2.44. The van der Waals surface area contributed by atoms with E-state index in [2.05, 4.69) is 91.0 Å². The van der Waals surface area contributed by atoms with Gasteiger partial charge in [0.25, 0.3) is 0 Å². The van der Waals surface area contributed by atoms with Crippen molar-refractivity contribution in [3.05, 3.63) is 91.0 Å². The van der Waals surface area contributed by atoms with Gasteiger partial charge in [-0.2, -0.15) is 0 Å². The number of carbonyl (C=O) groups excluding carboxylic acids is 1. The maximum atomic E-state index is 12.4. The number of ketones is 1. The summed E-state index contributed by atoms with van der Waals surface area (Å²) in [7, 11) is 0. The van der Waals surface area contributed by atoms with Gasteiger partial charge in [-0.3, -0.25) is 4.79 Å². The smallest absolute Gasteiger partial charge is 0.133 e. The van der Waals surface area contributed by atoms with Crippen molar-refractivity contribution in [1.82, 2.24) is 0 Å². The van der Waals surface area contributed by atoms with Gasteiger partial charge in [-0.05, 0) is 49.2 Å². The summed E-state index contributed by atoms with van der Waals surface area (Å²) < 4.78 is -0.208. The minimum atomic E-state index is -0.208. The van der Waals surface area contributed by atoms with Gasteiger partial charge >= 0.3 is 0 Å². The van der Waals surface area contributed by atoms with Crippen LogP contribution < -0.4 is 0 Å². The lowest BCUT2D eigenvalue weighted by Crippen LogP contribution is -2.32. The lowest BCUT2D eigenvalue weighted by Gasteiger charge is -2.41. The SMILES string of the molecule is O=C1CCC[C@H](C(Sc2ccccc2)(Sc2ccccc2)Sc2ccccc2)C1. The maximum Gasteiger partial charge on any atom is 0.133 e. The summed E-state index contributed by atoms with van der Waals surface area (Å²) in [6.45, 7) is 0. The molecule has 0 bridgehead atoms. The van der Waals surface area contributed by atoms with Crippen LogP contribution in [0.4, 0.5) is 0 Å². The van der Waals surface area contributed by atoms with Crippen molar-refractivity contribution >= 4 is 41.1 Å². The second kappa shape index (κ2) is 9.92. The predicted octanol–water partition coefficient (Wildman–Crippen LogP) is 7.78. The Labute approximate surface area is 186 Å². The summed E-state index contributed by atoms with van der Waals surface area (Å²) in [5.41, 5.74) is 0. The Balaban J connectivity index is 1.76. The second-order valence-electron chi connectivity index (χ2n) is 7.18. The first-order valence-electron chi connectivity index (χ1n) is 9.97. The number of thioether (sulfide) groups is 3. The van der Waals surface area contributed by atoms with Crippen molar-refractivity contribution < 1.29 is 4.79 Å². The summed E-state index contributed by atoms with van der Waals surface area (Å²) in [6, 6.07) is 31.9. The first-order valence-corrected chi connectivity index (χ1v) is 12.4. The minimum absolute atomic E-state index is 0.208. The van der Waals surface area contributed by atoms with E-state index in [-0.39, 0.29) is 3.41 Å². The van der Waals surface area contributed by atoms with E-state index in [1.54, 1.807) is 0 Å². The average molecular weight is 437 g/mol. The molecule has 3 aromatic carbocycles. The fourth-order valence-corrected chi connectivity index (χ4v) is 8.80. The average Bonchev–Trinajstić information content (AvgIpc) is 2.76. The molecule has 1 aliphatic rings. The van der Waals surface area contributed by atoms with Crippen molar-refractivity contribution in [3.63, 3.8) is 0 Å². The molecule has 0 heterocycles. The summed E-state index contributed by atoms with van der Waals surface area (Å²) in [4.78, 5) is 16.2. The molecule has 0 unspecified atom stereocenters. The van der Waals surface area contributed by atoms with Crippen molar-refractivity contribution in [2.75, 3.05) is 0 Å². The van der Waals surface area contributed by atoms with Gasteiger partial charge in [0.1, 0.15) is 9.19 Å². The van der Waals surface area contributed by atoms with Gasteiger partial charge < -0.3 is 0 Å². The normalized spacial score (nSPS) is 17.2. The molecule has 0 N–H and O–H groups in total. The predicted molar refractivity (Wildman–Crippen MR) is 127 cm³/mol. The van der Waals surface area contributed by atoms with Crippen LogP contribution in [0.2, 0.25) is 0 Å². The Morgan fingerprint density at radius 3 is 1.45 bits per heavy atom. The molecule has 0 aromatic heterocycles. The van der Waals surface area contributed by atoms with Crippen LogP contribution >= 0.6 is 35.3 Å². The van der Waals surface area contributed by atoms with Gasteiger partial charge in [0, 0.05) is 33.4 Å². The van der Waals surface area contributed by atoms with Crippen LogP contribution in [0.25, 0.3) is 0 Å². The van der Waals surface area contributed by atoms with E-state index in [9.17, 15) is 4.79 Å². The molecule has 4 heteroatoms. The number of Topliss-reactive ketones (excluding diaryl/α,β-unsaturated/α-hetero) is 1. The molecule has 0 amide bonds. The fourth-order valence-electron chi connectivity index (χ4n) is 3.60. The van der Waals surface area contributed by atoms with Crippen LogP contribution in [-0.2, 0) is 4.79 Å². The van der Waals surface area contributed by atoms with Gasteiger partial charge in [0.05, 0.1) is 0 Å². The third-order valence-electron chi connectivity index (χ3n) is 4.99. The van der Waals surface area contributed by atoms with Crippen LogP contribution in [0.1, 0.15) is 25.7 Å². The summed E-state index contributed by atoms with van der Waals surface area (Å²) >= 11 is 5.72. The minimum Gasteiger partial charge on any atom is -0.300 e. The molecular weight excluding hydrogens is 412 g/mol. The number of hydrogen-bond donors (Lipinski definition) is 0. The highest BCUT2D eigenvalue weighted by atomic mass is 32.3. The van der Waals surface area contributed by atoms with Crippen molar-refractivity contribution in [2.24, 2.45) is 5.92 Å². The van der Waals surface area contributed by atoms with Crippen LogP contribution in [-0.4, -0.2) is 9.19 Å². The summed E-state index contributed by atoms with van der Waals surface area (Å²) in [5, 5.41) is 0. The van der Waals surface area contributed by atoms with E-state index in [0.29, 0.717) is 18.1 Å². The fraction of sp³-hybridized carbons (Fsp3) is 0.240. The highest BCUT2D eigenvalue weighted by Crippen LogP contribution is 2.61. The Morgan fingerprint density at radius 1 is 0.655 bits per heavy atom. The van der Waals surface area contributed by atoms with Gasteiger partial charge in [-0.25, -0.2) is 0 Å². The lowest BCUT2D eigenvalue weighted by atomic mass is 9.89. The molecule has 4 rings (SSSR count). The van der Waals surface area contributed by atoms with Gasteiger partial charge in [-0.1, -0.05) is 89.9 Å². The molecule has 0 aliphatic heterocycles. The van der Waals surface area contributed by atoms with Gasteiger partial charge in [0.2, 0.25) is 0 Å². The zero-order chi connectivity index (χ0) is 19.9. The maximum absolute atomic E-state index is 12.4. The molecule has 1 fully saturated rings. The molecule has 0 radical (unpaired) electrons. The Morgan fingerprint density at radius 2 is 1.07 bits per heavy atom. The van der Waals surface area contributed by atoms with E-state index >= 15 is 0 Å². The lowest BCUT2D eigenvalue weighted by molar-refractivity contribution is -0.121. The Hall–Kier alpha value is -1.62. The summed E-state index contributed by atoms with van der Waals surface area (Å²) in [6.07, 6.45) is 3.48. The van der Waals surface area contributed by atoms with E-state index in [0.717, 1.165) is 19.3 Å². The number of rotatable bonds is 7. The van der Waals surface area contributed by atoms with Crippen LogP contribution in [0, 0.1) is 5.92 Å². The van der Waals surface area contributed by atoms with Crippen molar-refractivity contribution in [2.45, 2.75) is 43.8 Å². The van der Waals surface area contributed by atoms with E-state index in [4.69, 9.17) is 0 Å². The first kappa shape index (κ1) is 20.6. The first-order chi connectivity index (χ1) is 14.2. The van der Waals surface area contributed by atoms with Gasteiger partial charge in [0.15, 0.2) is 0 Å². The zero-order valence-corrected chi connectivity index (χ0v) is 18.6. The highest BCUT2D eigenvalue weighted by molar-refractivity contribution is 8.33. The number of hydrogen-bond acceptors (Lipinski definition) is 4. The molecule has 1 nitrogen and oxygen atoms in total. The topological polar surface area (TPSA) is 17.1 Å². The molecule has 0 saturated heterocycles. The zero-order valence-electron chi connectivity index (χ0n) is 16.2. The largest absolute Gasteiger partial charge is 0.300 e. The quantitative estimate of drug-likeness (QED) is 0.278. The van der Waals surface area contributed by atoms with E-state index in [1.807, 2.05) is 35.3 Å². The number of carbonyl (C=O) groups is 1. The Bertz CT molecular complexity index is 811. The second-order valence-corrected chi connectivity index (χ2v) is 11.9. The molecular formula is C25H24OS3. The van der Waals surface area contributed by atoms with E-state index in [1.165, 1.54) is 14.7 Å². The van der Waals surface area contributed by atoms with Crippen LogP contribution in [0.15, 0.2) is 106 Å². The molecule has 1 saturated carbocycles. The van der Waals surface area contributed by atoms with E-state index < -0.39 is 0 Å². The standard InChI is InChI=1S/C25H24OS3/c26-21-12-10-11-20(19-21)25(27-22-13-4-1-5-14-22,28-23-15-6-2-7-16-23)29-24-17-8-3-9-18-24/h1-9,13-18,20H,10-12,19H2/t20-/m0/s1. The van der Waals surface area contributed by atoms with Gasteiger partial charge in [-0.15, -0.1) is 0 Å². The molecule has 0 spiro atoms. The summed E-state index contributed by atoms with van der Waals surface area (Å²) in [5.74, 6) is 0.714. The van der Waals surface area contributed by atoms with Crippen LogP contribution in [0.5, 0.6) is 0 Å². The molecule has 148 valence electrons. The molecule has 29 heavy (non-hydrogen) atoms. The van der Waals surface area contributed by atoms with Crippen molar-refractivity contribution in [1.29, 1.82) is 0 Å². The third-order valence-corrected chi connectivity index (χ3v) is 9.87. The Kier molecular flexibility index (Phi) is 7.06. The molecule has 1 aliphatic carbocycles. The van der Waals surface area contributed by atoms with Crippen molar-refractivity contribution in [3.8, 4) is 0 Å². The number of benzene rings is 3.